The van der Waals surface area contributed by atoms with Crippen LogP contribution in [0.3, 0.4) is 0 Å². The van der Waals surface area contributed by atoms with Gasteiger partial charge < -0.3 is 20.5 Å². The number of nitro benzene ring substituents is 1. The molecule has 0 aliphatic carbocycles. The van der Waals surface area contributed by atoms with E-state index in [1.807, 2.05) is 54.6 Å². The van der Waals surface area contributed by atoms with Crippen molar-refractivity contribution in [1.82, 2.24) is 10.6 Å². The summed E-state index contributed by atoms with van der Waals surface area (Å²) in [4.78, 5) is 23.4. The number of nitrogens with zero attached hydrogens (tertiary/aromatic N) is 1. The summed E-state index contributed by atoms with van der Waals surface area (Å²) >= 11 is 5.86. The number of aliphatic hydroxyl groups excluding tert-OH is 1. The number of ether oxygens (including phenoxy) is 1. The maximum atomic E-state index is 12.9. The highest BCUT2D eigenvalue weighted by Gasteiger charge is 2.24. The zero-order chi connectivity index (χ0) is 24.5. The molecule has 0 spiro atoms. The van der Waals surface area contributed by atoms with E-state index < -0.39 is 23.0 Å². The van der Waals surface area contributed by atoms with Crippen molar-refractivity contribution in [2.75, 3.05) is 13.7 Å². The summed E-state index contributed by atoms with van der Waals surface area (Å²) in [6, 6.07) is 20.3. The fraction of sp³-hybridized carbons (Fsp3) is 0.240. The number of carbonyl (C=O) groups excluding carboxylic acids is 1. The lowest BCUT2D eigenvalue weighted by molar-refractivity contribution is -0.384. The summed E-state index contributed by atoms with van der Waals surface area (Å²) < 4.78 is 5.23. The molecule has 34 heavy (non-hydrogen) atoms. The van der Waals surface area contributed by atoms with Crippen LogP contribution >= 0.6 is 11.6 Å². The third-order valence-corrected chi connectivity index (χ3v) is 5.62. The van der Waals surface area contributed by atoms with Crippen molar-refractivity contribution < 1.29 is 19.6 Å². The summed E-state index contributed by atoms with van der Waals surface area (Å²) in [5, 5.41) is 28.0. The Morgan fingerprint density at radius 1 is 1.09 bits per heavy atom. The first-order valence-electron chi connectivity index (χ1n) is 10.7. The molecule has 0 aromatic heterocycles. The second kappa shape index (κ2) is 12.1. The van der Waals surface area contributed by atoms with Crippen LogP contribution in [-0.2, 0) is 13.0 Å². The molecule has 0 unspecified atom stereocenters. The number of nitro groups is 1. The molecule has 178 valence electrons. The van der Waals surface area contributed by atoms with Gasteiger partial charge in [-0.1, -0.05) is 54.1 Å². The average Bonchev–Trinajstić information content (AvgIpc) is 2.84. The lowest BCUT2D eigenvalue weighted by Crippen LogP contribution is -2.48. The van der Waals surface area contributed by atoms with Crippen LogP contribution in [0.1, 0.15) is 21.5 Å². The molecule has 0 saturated heterocycles. The van der Waals surface area contributed by atoms with Crippen LogP contribution in [0.2, 0.25) is 5.02 Å². The summed E-state index contributed by atoms with van der Waals surface area (Å²) in [5.41, 5.74) is 1.66. The first-order valence-corrected chi connectivity index (χ1v) is 11.1. The Labute approximate surface area is 202 Å². The summed E-state index contributed by atoms with van der Waals surface area (Å²) in [6.45, 7) is 0.722. The highest BCUT2D eigenvalue weighted by atomic mass is 35.5. The van der Waals surface area contributed by atoms with Crippen LogP contribution in [0.5, 0.6) is 5.75 Å². The molecule has 0 fully saturated rings. The molecule has 3 aromatic rings. The molecule has 3 aromatic carbocycles. The molecule has 3 N–H and O–H groups in total. The largest absolute Gasteiger partial charge is 0.497 e. The molecular formula is C25H26ClN3O5. The Kier molecular flexibility index (Phi) is 8.98. The van der Waals surface area contributed by atoms with Crippen LogP contribution in [0.25, 0.3) is 0 Å². The Balaban J connectivity index is 1.70. The van der Waals surface area contributed by atoms with Crippen LogP contribution in [0, 0.1) is 10.1 Å². The lowest BCUT2D eigenvalue weighted by Gasteiger charge is -2.25. The maximum Gasteiger partial charge on any atom is 0.288 e. The molecule has 0 heterocycles. The SMILES string of the molecule is COc1cccc(CNC[C@@H](O)[C@H](Cc2ccccc2)NC(=O)c2ccc(Cl)c([N+](=O)[O-])c2)c1. The Hall–Kier alpha value is -3.46. The Bertz CT molecular complexity index is 1130. The zero-order valence-corrected chi connectivity index (χ0v) is 19.4. The number of hydrogen-bond acceptors (Lipinski definition) is 6. The maximum absolute atomic E-state index is 12.9. The number of benzene rings is 3. The number of aliphatic hydroxyl groups is 1. The van der Waals surface area contributed by atoms with E-state index in [0.29, 0.717) is 13.0 Å². The predicted octanol–water partition coefficient (Wildman–Crippen LogP) is 3.75. The molecular weight excluding hydrogens is 458 g/mol. The standard InChI is InChI=1S/C25H26ClN3O5/c1-34-20-9-5-8-18(12-20)15-27-16-24(30)22(13-17-6-3-2-4-7-17)28-25(31)19-10-11-21(26)23(14-19)29(32)33/h2-12,14,22,24,27,30H,13,15-16H2,1H3,(H,28,31)/t22-,24+/m0/s1. The van der Waals surface area contributed by atoms with Crippen molar-refractivity contribution >= 4 is 23.2 Å². The van der Waals surface area contributed by atoms with Crippen molar-refractivity contribution in [3.05, 3.63) is 105 Å². The predicted molar refractivity (Wildman–Crippen MR) is 130 cm³/mol. The molecule has 1 amide bonds. The fourth-order valence-electron chi connectivity index (χ4n) is 3.49. The number of nitrogens with one attached hydrogen (secondary N) is 2. The summed E-state index contributed by atoms with van der Waals surface area (Å²) in [6.07, 6.45) is -0.540. The highest BCUT2D eigenvalue weighted by Crippen LogP contribution is 2.25. The average molecular weight is 484 g/mol. The minimum absolute atomic E-state index is 0.0517. The van der Waals surface area contributed by atoms with Crippen molar-refractivity contribution in [1.29, 1.82) is 0 Å². The molecule has 8 nitrogen and oxygen atoms in total. The van der Waals surface area contributed by atoms with Crippen molar-refractivity contribution in [2.24, 2.45) is 0 Å². The molecule has 9 heteroatoms. The number of rotatable bonds is 11. The van der Waals surface area contributed by atoms with Crippen molar-refractivity contribution in [3.63, 3.8) is 0 Å². The third kappa shape index (κ3) is 7.02. The summed E-state index contributed by atoms with van der Waals surface area (Å²) in [5.74, 6) is 0.207. The van der Waals surface area contributed by atoms with Gasteiger partial charge in [-0.2, -0.15) is 0 Å². The topological polar surface area (TPSA) is 114 Å². The van der Waals surface area contributed by atoms with Gasteiger partial charge in [0.05, 0.1) is 24.2 Å². The van der Waals surface area contributed by atoms with Gasteiger partial charge in [0.25, 0.3) is 11.6 Å². The van der Waals surface area contributed by atoms with Gasteiger partial charge >= 0.3 is 0 Å². The van der Waals surface area contributed by atoms with Crippen molar-refractivity contribution in [2.45, 2.75) is 25.1 Å². The minimum Gasteiger partial charge on any atom is -0.497 e. The number of carbonyl (C=O) groups is 1. The van der Waals surface area contributed by atoms with E-state index in [1.165, 1.54) is 12.1 Å². The van der Waals surface area contributed by atoms with Crippen LogP contribution < -0.4 is 15.4 Å². The molecule has 0 saturated carbocycles. The Morgan fingerprint density at radius 3 is 2.53 bits per heavy atom. The number of halogens is 1. The first-order chi connectivity index (χ1) is 16.4. The highest BCUT2D eigenvalue weighted by molar-refractivity contribution is 6.32. The zero-order valence-electron chi connectivity index (χ0n) is 18.6. The van der Waals surface area contributed by atoms with Gasteiger partial charge in [0.1, 0.15) is 10.8 Å². The molecule has 0 aliphatic heterocycles. The fourth-order valence-corrected chi connectivity index (χ4v) is 3.67. The Morgan fingerprint density at radius 2 is 1.82 bits per heavy atom. The van der Waals surface area contributed by atoms with E-state index in [-0.39, 0.29) is 22.8 Å². The van der Waals surface area contributed by atoms with E-state index in [2.05, 4.69) is 10.6 Å². The van der Waals surface area contributed by atoms with Gasteiger partial charge in [-0.15, -0.1) is 0 Å². The third-order valence-electron chi connectivity index (χ3n) is 5.30. The van der Waals surface area contributed by atoms with Gasteiger partial charge in [-0.25, -0.2) is 0 Å². The second-order valence-corrected chi connectivity index (χ2v) is 8.15. The van der Waals surface area contributed by atoms with E-state index in [9.17, 15) is 20.0 Å². The van der Waals surface area contributed by atoms with Crippen LogP contribution in [-0.4, -0.2) is 41.7 Å². The van der Waals surface area contributed by atoms with Gasteiger partial charge in [0, 0.05) is 24.7 Å². The normalized spacial score (nSPS) is 12.6. The molecule has 3 rings (SSSR count). The molecule has 2 atom stereocenters. The first kappa shape index (κ1) is 25.2. The van der Waals surface area contributed by atoms with Gasteiger partial charge in [0.2, 0.25) is 0 Å². The van der Waals surface area contributed by atoms with Crippen LogP contribution in [0.15, 0.2) is 72.8 Å². The molecule has 0 radical (unpaired) electrons. The van der Waals surface area contributed by atoms with E-state index in [4.69, 9.17) is 16.3 Å². The smallest absolute Gasteiger partial charge is 0.288 e. The second-order valence-electron chi connectivity index (χ2n) is 7.74. The summed E-state index contributed by atoms with van der Waals surface area (Å²) in [7, 11) is 1.60. The van der Waals surface area contributed by atoms with E-state index in [0.717, 1.165) is 22.9 Å². The molecule has 0 aliphatic rings. The molecule has 0 bridgehead atoms. The van der Waals surface area contributed by atoms with Crippen LogP contribution in [0.4, 0.5) is 5.69 Å². The monoisotopic (exact) mass is 483 g/mol. The number of amides is 1. The van der Waals surface area contributed by atoms with E-state index in [1.54, 1.807) is 7.11 Å². The number of methoxy groups -OCH3 is 1. The number of hydrogen-bond donors (Lipinski definition) is 3. The van der Waals surface area contributed by atoms with Gasteiger partial charge in [-0.3, -0.25) is 14.9 Å². The van der Waals surface area contributed by atoms with Gasteiger partial charge in [-0.05, 0) is 41.8 Å². The van der Waals surface area contributed by atoms with Crippen molar-refractivity contribution in [3.8, 4) is 5.75 Å². The van der Waals surface area contributed by atoms with E-state index >= 15 is 0 Å². The lowest BCUT2D eigenvalue weighted by atomic mass is 10.00. The van der Waals surface area contributed by atoms with Gasteiger partial charge in [0.15, 0.2) is 0 Å². The quantitative estimate of drug-likeness (QED) is 0.283. The minimum atomic E-state index is -0.919.